The Labute approximate surface area is 76.2 Å². The van der Waals surface area contributed by atoms with Gasteiger partial charge in [0.2, 0.25) is 0 Å². The first-order valence-corrected chi connectivity index (χ1v) is 3.76. The summed E-state index contributed by atoms with van der Waals surface area (Å²) in [7, 11) is 0. The van der Waals surface area contributed by atoms with E-state index in [1.807, 2.05) is 19.1 Å². The Morgan fingerprint density at radius 3 is 3.23 bits per heavy atom. The summed E-state index contributed by atoms with van der Waals surface area (Å²) in [5.41, 5.74) is 9.75. The van der Waals surface area contributed by atoms with E-state index in [9.17, 15) is 0 Å². The number of hydrogen-bond donors (Lipinski definition) is 0. The SMILES string of the molecule is Cc1cccnc1C#CCN=[N+]=[N-]. The lowest BCUT2D eigenvalue weighted by molar-refractivity contribution is 1.22. The number of pyridine rings is 1. The molecule has 0 fully saturated rings. The first kappa shape index (κ1) is 9.11. The molecule has 0 saturated heterocycles. The van der Waals surface area contributed by atoms with Gasteiger partial charge in [-0.25, -0.2) is 4.98 Å². The van der Waals surface area contributed by atoms with Crippen LogP contribution in [0.15, 0.2) is 23.4 Å². The van der Waals surface area contributed by atoms with E-state index in [1.165, 1.54) is 0 Å². The zero-order chi connectivity index (χ0) is 9.52. The van der Waals surface area contributed by atoms with Crippen LogP contribution >= 0.6 is 0 Å². The van der Waals surface area contributed by atoms with Crippen molar-refractivity contribution in [3.8, 4) is 11.8 Å². The summed E-state index contributed by atoms with van der Waals surface area (Å²) in [6.45, 7) is 2.12. The number of aryl methyl sites for hydroxylation is 1. The van der Waals surface area contributed by atoms with Crippen LogP contribution in [-0.2, 0) is 0 Å². The molecule has 0 unspecified atom stereocenters. The summed E-state index contributed by atoms with van der Waals surface area (Å²) in [6, 6.07) is 3.79. The third-order valence-corrected chi connectivity index (χ3v) is 1.43. The molecule has 4 nitrogen and oxygen atoms in total. The standard InChI is InChI=1S/C9H8N4/c1-8-4-2-6-11-9(8)5-3-7-12-13-10/h2,4,6H,7H2,1H3. The van der Waals surface area contributed by atoms with Crippen molar-refractivity contribution < 1.29 is 0 Å². The molecule has 1 aromatic rings. The van der Waals surface area contributed by atoms with Gasteiger partial charge in [-0.15, -0.1) is 0 Å². The van der Waals surface area contributed by atoms with Crippen LogP contribution in [0.4, 0.5) is 0 Å². The molecule has 1 aromatic heterocycles. The van der Waals surface area contributed by atoms with Crippen molar-refractivity contribution in [3.05, 3.63) is 40.0 Å². The minimum atomic E-state index is 0.187. The minimum absolute atomic E-state index is 0.187. The van der Waals surface area contributed by atoms with Gasteiger partial charge in [0.25, 0.3) is 0 Å². The summed E-state index contributed by atoms with van der Waals surface area (Å²) in [5.74, 6) is 5.53. The molecule has 0 aliphatic carbocycles. The van der Waals surface area contributed by atoms with Crippen LogP contribution in [0.3, 0.4) is 0 Å². The molecule has 13 heavy (non-hydrogen) atoms. The fourth-order valence-corrected chi connectivity index (χ4v) is 0.807. The molecule has 0 saturated carbocycles. The Balaban J connectivity index is 2.77. The molecule has 0 N–H and O–H groups in total. The van der Waals surface area contributed by atoms with Crippen molar-refractivity contribution in [1.29, 1.82) is 0 Å². The zero-order valence-electron chi connectivity index (χ0n) is 7.23. The normalized spacial score (nSPS) is 8.08. The molecule has 0 aromatic carbocycles. The highest BCUT2D eigenvalue weighted by Gasteiger charge is 1.90. The zero-order valence-corrected chi connectivity index (χ0v) is 7.23. The van der Waals surface area contributed by atoms with E-state index in [1.54, 1.807) is 6.20 Å². The molecule has 0 radical (unpaired) electrons. The highest BCUT2D eigenvalue weighted by Crippen LogP contribution is 1.99. The van der Waals surface area contributed by atoms with Crippen LogP contribution in [0.2, 0.25) is 0 Å². The van der Waals surface area contributed by atoms with E-state index in [2.05, 4.69) is 26.9 Å². The fourth-order valence-electron chi connectivity index (χ4n) is 0.807. The Morgan fingerprint density at radius 2 is 2.54 bits per heavy atom. The average molecular weight is 172 g/mol. The highest BCUT2D eigenvalue weighted by atomic mass is 15.1. The van der Waals surface area contributed by atoms with Gasteiger partial charge in [0, 0.05) is 11.1 Å². The van der Waals surface area contributed by atoms with Gasteiger partial charge >= 0.3 is 0 Å². The summed E-state index contributed by atoms with van der Waals surface area (Å²) < 4.78 is 0. The van der Waals surface area contributed by atoms with E-state index >= 15 is 0 Å². The molecule has 0 atom stereocenters. The smallest absolute Gasteiger partial charge is 0.116 e. The monoisotopic (exact) mass is 172 g/mol. The fraction of sp³-hybridized carbons (Fsp3) is 0.222. The van der Waals surface area contributed by atoms with E-state index in [4.69, 9.17) is 5.53 Å². The maximum atomic E-state index is 7.99. The molecular formula is C9H8N4. The molecule has 1 heterocycles. The predicted molar refractivity (Wildman–Crippen MR) is 49.9 cm³/mol. The van der Waals surface area contributed by atoms with E-state index < -0.39 is 0 Å². The third-order valence-electron chi connectivity index (χ3n) is 1.43. The second-order valence-electron chi connectivity index (χ2n) is 2.36. The lowest BCUT2D eigenvalue weighted by Gasteiger charge is -1.92. The summed E-state index contributed by atoms with van der Waals surface area (Å²) in [4.78, 5) is 6.66. The number of aromatic nitrogens is 1. The van der Waals surface area contributed by atoms with Crippen LogP contribution in [0.25, 0.3) is 10.4 Å². The second-order valence-corrected chi connectivity index (χ2v) is 2.36. The van der Waals surface area contributed by atoms with Gasteiger partial charge in [0.15, 0.2) is 0 Å². The molecule has 0 aliphatic rings. The lowest BCUT2D eigenvalue weighted by atomic mass is 10.2. The van der Waals surface area contributed by atoms with Crippen LogP contribution in [0, 0.1) is 18.8 Å². The van der Waals surface area contributed by atoms with Gasteiger partial charge in [-0.3, -0.25) is 0 Å². The van der Waals surface area contributed by atoms with Crippen LogP contribution in [0.5, 0.6) is 0 Å². The van der Waals surface area contributed by atoms with Gasteiger partial charge < -0.3 is 0 Å². The molecule has 0 aliphatic heterocycles. The quantitative estimate of drug-likeness (QED) is 0.277. The van der Waals surface area contributed by atoms with E-state index in [-0.39, 0.29) is 6.54 Å². The Bertz CT molecular complexity index is 394. The highest BCUT2D eigenvalue weighted by molar-refractivity contribution is 5.34. The number of hydrogen-bond acceptors (Lipinski definition) is 2. The average Bonchev–Trinajstić information content (AvgIpc) is 2.15. The van der Waals surface area contributed by atoms with E-state index in [0.717, 1.165) is 11.3 Å². The Morgan fingerprint density at radius 1 is 1.69 bits per heavy atom. The van der Waals surface area contributed by atoms with Gasteiger partial charge in [0.05, 0.1) is 6.54 Å². The molecule has 4 heteroatoms. The van der Waals surface area contributed by atoms with Crippen LogP contribution < -0.4 is 0 Å². The van der Waals surface area contributed by atoms with Crippen molar-refractivity contribution in [2.75, 3.05) is 6.54 Å². The van der Waals surface area contributed by atoms with Gasteiger partial charge in [-0.2, -0.15) is 0 Å². The largest absolute Gasteiger partial charge is 0.248 e. The minimum Gasteiger partial charge on any atom is -0.248 e. The van der Waals surface area contributed by atoms with Crippen molar-refractivity contribution in [1.82, 2.24) is 4.98 Å². The third kappa shape index (κ3) is 2.86. The molecule has 0 bridgehead atoms. The van der Waals surface area contributed by atoms with Crippen molar-refractivity contribution in [2.24, 2.45) is 5.11 Å². The number of nitrogens with zero attached hydrogens (tertiary/aromatic N) is 4. The molecular weight excluding hydrogens is 164 g/mol. The number of azide groups is 1. The van der Waals surface area contributed by atoms with E-state index in [0.29, 0.717) is 0 Å². The first-order chi connectivity index (χ1) is 6.34. The summed E-state index contributed by atoms with van der Waals surface area (Å²) >= 11 is 0. The molecule has 0 amide bonds. The number of rotatable bonds is 1. The van der Waals surface area contributed by atoms with Gasteiger partial charge in [-0.05, 0) is 30.0 Å². The lowest BCUT2D eigenvalue weighted by Crippen LogP contribution is -1.85. The molecule has 1 rings (SSSR count). The van der Waals surface area contributed by atoms with Crippen LogP contribution in [-0.4, -0.2) is 11.5 Å². The first-order valence-electron chi connectivity index (χ1n) is 3.76. The van der Waals surface area contributed by atoms with Gasteiger partial charge in [0.1, 0.15) is 5.69 Å². The summed E-state index contributed by atoms with van der Waals surface area (Å²) in [6.07, 6.45) is 1.69. The Hall–Kier alpha value is -1.98. The molecule has 0 spiro atoms. The van der Waals surface area contributed by atoms with Crippen molar-refractivity contribution in [3.63, 3.8) is 0 Å². The Kier molecular flexibility index (Phi) is 3.37. The predicted octanol–water partition coefficient (Wildman–Crippen LogP) is 2.05. The second kappa shape index (κ2) is 4.81. The maximum absolute atomic E-state index is 7.99. The molecule has 64 valence electrons. The maximum Gasteiger partial charge on any atom is 0.116 e. The van der Waals surface area contributed by atoms with Gasteiger partial charge in [-0.1, -0.05) is 17.1 Å². The van der Waals surface area contributed by atoms with Crippen molar-refractivity contribution >= 4 is 0 Å². The summed E-state index contributed by atoms with van der Waals surface area (Å²) in [5, 5.41) is 3.30. The van der Waals surface area contributed by atoms with Crippen LogP contribution in [0.1, 0.15) is 11.3 Å². The van der Waals surface area contributed by atoms with Crippen molar-refractivity contribution in [2.45, 2.75) is 6.92 Å². The topological polar surface area (TPSA) is 61.7 Å².